The molecular weight excluding hydrogens is 286 g/mol. The second kappa shape index (κ2) is 6.77. The first-order chi connectivity index (χ1) is 9.90. The quantitative estimate of drug-likeness (QED) is 0.785. The lowest BCUT2D eigenvalue weighted by atomic mass is 10.2. The second-order valence-corrected chi connectivity index (χ2v) is 7.60. The normalized spacial score (nSPS) is 16.7. The first kappa shape index (κ1) is 16.3. The van der Waals surface area contributed by atoms with Crippen LogP contribution in [-0.2, 0) is 10.0 Å². The highest BCUT2D eigenvalue weighted by Crippen LogP contribution is 2.22. The van der Waals surface area contributed by atoms with E-state index in [9.17, 15) is 8.42 Å². The molecule has 118 valence electrons. The maximum Gasteiger partial charge on any atom is 0.240 e. The van der Waals surface area contributed by atoms with E-state index in [1.807, 2.05) is 6.92 Å². The van der Waals surface area contributed by atoms with Crippen molar-refractivity contribution >= 4 is 15.7 Å². The molecule has 21 heavy (non-hydrogen) atoms. The van der Waals surface area contributed by atoms with E-state index < -0.39 is 10.0 Å². The molecular formula is C15H25N3O2S. The van der Waals surface area contributed by atoms with E-state index in [4.69, 9.17) is 5.73 Å². The van der Waals surface area contributed by atoms with E-state index in [-0.39, 0.29) is 4.90 Å². The molecule has 3 N–H and O–H groups in total. The van der Waals surface area contributed by atoms with Gasteiger partial charge in [0.2, 0.25) is 10.0 Å². The third-order valence-corrected chi connectivity index (χ3v) is 5.72. The molecule has 0 aliphatic heterocycles. The van der Waals surface area contributed by atoms with Gasteiger partial charge < -0.3 is 10.6 Å². The third-order valence-electron chi connectivity index (χ3n) is 4.27. The van der Waals surface area contributed by atoms with Gasteiger partial charge in [-0.25, -0.2) is 13.1 Å². The Kier molecular flexibility index (Phi) is 5.24. The minimum atomic E-state index is -3.48. The third kappa shape index (κ3) is 4.18. The molecule has 1 aromatic carbocycles. The van der Waals surface area contributed by atoms with Gasteiger partial charge in [-0.3, -0.25) is 0 Å². The van der Waals surface area contributed by atoms with Gasteiger partial charge in [0.15, 0.2) is 0 Å². The van der Waals surface area contributed by atoms with Crippen LogP contribution in [0.5, 0.6) is 0 Å². The van der Waals surface area contributed by atoms with Crippen LogP contribution in [0.15, 0.2) is 23.1 Å². The van der Waals surface area contributed by atoms with Crippen LogP contribution >= 0.6 is 0 Å². The first-order valence-corrected chi connectivity index (χ1v) is 8.94. The van der Waals surface area contributed by atoms with Crippen molar-refractivity contribution in [3.05, 3.63) is 23.8 Å². The lowest BCUT2D eigenvalue weighted by Gasteiger charge is -2.23. The lowest BCUT2D eigenvalue weighted by Crippen LogP contribution is -2.37. The zero-order chi connectivity index (χ0) is 15.5. The number of sulfonamides is 1. The highest BCUT2D eigenvalue weighted by atomic mass is 32.2. The summed E-state index contributed by atoms with van der Waals surface area (Å²) in [7, 11) is -1.41. The molecule has 0 unspecified atom stereocenters. The van der Waals surface area contributed by atoms with E-state index in [0.29, 0.717) is 18.3 Å². The number of aryl methyl sites for hydroxylation is 1. The van der Waals surface area contributed by atoms with Gasteiger partial charge in [-0.05, 0) is 44.5 Å². The molecule has 6 heteroatoms. The number of nitrogens with two attached hydrogens (primary N) is 1. The fourth-order valence-corrected chi connectivity index (χ4v) is 3.81. The smallest absolute Gasteiger partial charge is 0.240 e. The highest BCUT2D eigenvalue weighted by Gasteiger charge is 2.20. The predicted octanol–water partition coefficient (Wildman–Crippen LogP) is 1.73. The SMILES string of the molecule is Cc1ccc(S(=O)(=O)NCCN(C)C2CCCC2)cc1N. The van der Waals surface area contributed by atoms with Crippen molar-refractivity contribution in [1.82, 2.24) is 9.62 Å². The van der Waals surface area contributed by atoms with Gasteiger partial charge in [-0.15, -0.1) is 0 Å². The van der Waals surface area contributed by atoms with Gasteiger partial charge in [0.1, 0.15) is 0 Å². The highest BCUT2D eigenvalue weighted by molar-refractivity contribution is 7.89. The average Bonchev–Trinajstić information content (AvgIpc) is 2.95. The minimum Gasteiger partial charge on any atom is -0.398 e. The summed E-state index contributed by atoms with van der Waals surface area (Å²) in [5, 5.41) is 0. The molecule has 1 aliphatic carbocycles. The van der Waals surface area contributed by atoms with Crippen molar-refractivity contribution in [1.29, 1.82) is 0 Å². The maximum atomic E-state index is 12.2. The molecule has 5 nitrogen and oxygen atoms in total. The molecule has 0 atom stereocenters. The molecule has 1 aliphatic rings. The van der Waals surface area contributed by atoms with Gasteiger partial charge in [0.05, 0.1) is 4.90 Å². The summed E-state index contributed by atoms with van der Waals surface area (Å²) in [6.07, 6.45) is 5.00. The van der Waals surface area contributed by atoms with Crippen LogP contribution in [0.3, 0.4) is 0 Å². The zero-order valence-electron chi connectivity index (χ0n) is 12.8. The van der Waals surface area contributed by atoms with Crippen molar-refractivity contribution in [2.45, 2.75) is 43.5 Å². The predicted molar refractivity (Wildman–Crippen MR) is 85.7 cm³/mol. The Hall–Kier alpha value is -1.11. The van der Waals surface area contributed by atoms with Crippen molar-refractivity contribution in [2.24, 2.45) is 0 Å². The Balaban J connectivity index is 1.90. The number of anilines is 1. The van der Waals surface area contributed by atoms with Crippen molar-refractivity contribution in [3.8, 4) is 0 Å². The summed E-state index contributed by atoms with van der Waals surface area (Å²) < 4.78 is 27.1. The number of likely N-dealkylation sites (N-methyl/N-ethyl adjacent to an activating group) is 1. The van der Waals surface area contributed by atoms with Crippen LogP contribution in [0.4, 0.5) is 5.69 Å². The molecule has 1 aromatic rings. The Morgan fingerprint density at radius 1 is 1.33 bits per heavy atom. The zero-order valence-corrected chi connectivity index (χ0v) is 13.6. The number of hydrogen-bond donors (Lipinski definition) is 2. The number of rotatable bonds is 6. The van der Waals surface area contributed by atoms with E-state index >= 15 is 0 Å². The maximum absolute atomic E-state index is 12.2. The largest absolute Gasteiger partial charge is 0.398 e. The summed E-state index contributed by atoms with van der Waals surface area (Å²) in [5.41, 5.74) is 7.16. The second-order valence-electron chi connectivity index (χ2n) is 5.84. The average molecular weight is 311 g/mol. The minimum absolute atomic E-state index is 0.231. The topological polar surface area (TPSA) is 75.4 Å². The summed E-state index contributed by atoms with van der Waals surface area (Å²) in [5.74, 6) is 0. The van der Waals surface area contributed by atoms with Gasteiger partial charge in [-0.2, -0.15) is 0 Å². The van der Waals surface area contributed by atoms with Crippen LogP contribution in [0.25, 0.3) is 0 Å². The summed E-state index contributed by atoms with van der Waals surface area (Å²) in [6.45, 7) is 3.00. The Morgan fingerprint density at radius 2 is 2.00 bits per heavy atom. The summed E-state index contributed by atoms with van der Waals surface area (Å²) >= 11 is 0. The van der Waals surface area contributed by atoms with Crippen LogP contribution in [-0.4, -0.2) is 39.5 Å². The molecule has 0 aromatic heterocycles. The molecule has 1 fully saturated rings. The van der Waals surface area contributed by atoms with E-state index in [2.05, 4.69) is 16.7 Å². The number of nitrogen functional groups attached to an aromatic ring is 1. The van der Waals surface area contributed by atoms with Gasteiger partial charge in [-0.1, -0.05) is 18.9 Å². The van der Waals surface area contributed by atoms with Crippen molar-refractivity contribution in [3.63, 3.8) is 0 Å². The van der Waals surface area contributed by atoms with Gasteiger partial charge >= 0.3 is 0 Å². The molecule has 0 heterocycles. The molecule has 0 spiro atoms. The van der Waals surface area contributed by atoms with Crippen molar-refractivity contribution in [2.75, 3.05) is 25.9 Å². The first-order valence-electron chi connectivity index (χ1n) is 7.46. The van der Waals surface area contributed by atoms with Gasteiger partial charge in [0, 0.05) is 24.8 Å². The molecule has 0 bridgehead atoms. The van der Waals surface area contributed by atoms with E-state index in [1.54, 1.807) is 12.1 Å². The lowest BCUT2D eigenvalue weighted by molar-refractivity contribution is 0.250. The monoisotopic (exact) mass is 311 g/mol. The number of benzene rings is 1. The Labute approximate surface area is 127 Å². The number of nitrogens with one attached hydrogen (secondary N) is 1. The molecule has 0 saturated heterocycles. The Bertz CT molecular complexity index is 581. The van der Waals surface area contributed by atoms with E-state index in [1.165, 1.54) is 31.7 Å². The molecule has 0 radical (unpaired) electrons. The van der Waals surface area contributed by atoms with Crippen LogP contribution < -0.4 is 10.5 Å². The van der Waals surface area contributed by atoms with E-state index in [0.717, 1.165) is 12.1 Å². The van der Waals surface area contributed by atoms with Crippen LogP contribution in [0, 0.1) is 6.92 Å². The number of hydrogen-bond acceptors (Lipinski definition) is 4. The van der Waals surface area contributed by atoms with Crippen molar-refractivity contribution < 1.29 is 8.42 Å². The van der Waals surface area contributed by atoms with Crippen LogP contribution in [0.1, 0.15) is 31.2 Å². The fraction of sp³-hybridized carbons (Fsp3) is 0.600. The summed E-state index contributed by atoms with van der Waals surface area (Å²) in [6, 6.07) is 5.44. The van der Waals surface area contributed by atoms with Gasteiger partial charge in [0.25, 0.3) is 0 Å². The Morgan fingerprint density at radius 3 is 2.62 bits per heavy atom. The summed E-state index contributed by atoms with van der Waals surface area (Å²) in [4.78, 5) is 2.48. The fourth-order valence-electron chi connectivity index (χ4n) is 2.75. The van der Waals surface area contributed by atoms with Crippen LogP contribution in [0.2, 0.25) is 0 Å². The molecule has 1 saturated carbocycles. The number of nitrogens with zero attached hydrogens (tertiary/aromatic N) is 1. The standard InChI is InChI=1S/C15H25N3O2S/c1-12-7-8-14(11-15(12)16)21(19,20)17-9-10-18(2)13-5-3-4-6-13/h7-8,11,13,17H,3-6,9-10,16H2,1-2H3. The molecule has 0 amide bonds. The molecule has 2 rings (SSSR count).